The van der Waals surface area contributed by atoms with E-state index in [0.717, 1.165) is 11.1 Å². The van der Waals surface area contributed by atoms with Gasteiger partial charge in [0.25, 0.3) is 0 Å². The number of carbonyl (C=O) groups excluding carboxylic acids is 1. The van der Waals surface area contributed by atoms with Crippen molar-refractivity contribution < 1.29 is 19.0 Å². The number of carbonyl (C=O) groups is 1. The average molecular weight is 329 g/mol. The summed E-state index contributed by atoms with van der Waals surface area (Å²) in [5.41, 5.74) is 2.22. The Bertz CT molecular complexity index is 686. The zero-order chi connectivity index (χ0) is 17.2. The zero-order valence-electron chi connectivity index (χ0n) is 13.2. The number of hydrogen-bond acceptors (Lipinski definition) is 3. The largest absolute Gasteiger partial charge is 0.445 e. The summed E-state index contributed by atoms with van der Waals surface area (Å²) >= 11 is 0. The molecule has 126 valence electrons. The van der Waals surface area contributed by atoms with Gasteiger partial charge in [0, 0.05) is 6.54 Å². The maximum absolute atomic E-state index is 13.1. The number of rotatable bonds is 7. The third-order valence-electron chi connectivity index (χ3n) is 3.37. The van der Waals surface area contributed by atoms with Crippen LogP contribution in [0.1, 0.15) is 23.1 Å². The van der Waals surface area contributed by atoms with E-state index in [-0.39, 0.29) is 19.0 Å². The van der Waals surface area contributed by atoms with E-state index in [1.807, 2.05) is 36.4 Å². The van der Waals surface area contributed by atoms with E-state index < -0.39 is 6.09 Å². The second-order valence-corrected chi connectivity index (χ2v) is 5.18. The van der Waals surface area contributed by atoms with E-state index in [1.54, 1.807) is 12.1 Å². The first-order valence-electron chi connectivity index (χ1n) is 7.69. The van der Waals surface area contributed by atoms with Crippen molar-refractivity contribution in [2.45, 2.75) is 19.6 Å². The molecule has 0 fully saturated rings. The van der Waals surface area contributed by atoms with Gasteiger partial charge in [0.15, 0.2) is 0 Å². The summed E-state index contributed by atoms with van der Waals surface area (Å²) in [7, 11) is 0. The lowest BCUT2D eigenvalue weighted by Gasteiger charge is -2.06. The lowest BCUT2D eigenvalue weighted by atomic mass is 10.1. The van der Waals surface area contributed by atoms with Crippen LogP contribution in [0.25, 0.3) is 6.08 Å². The Morgan fingerprint density at radius 3 is 2.75 bits per heavy atom. The molecule has 2 N–H and O–H groups in total. The van der Waals surface area contributed by atoms with Gasteiger partial charge in [-0.2, -0.15) is 0 Å². The second kappa shape index (κ2) is 9.47. The van der Waals surface area contributed by atoms with Crippen molar-refractivity contribution in [3.8, 4) is 0 Å². The van der Waals surface area contributed by atoms with Crippen molar-refractivity contribution >= 4 is 12.2 Å². The number of amides is 1. The fourth-order valence-corrected chi connectivity index (χ4v) is 2.12. The zero-order valence-corrected chi connectivity index (χ0v) is 13.2. The molecule has 0 aliphatic heterocycles. The summed E-state index contributed by atoms with van der Waals surface area (Å²) in [5.74, 6) is -0.376. The highest BCUT2D eigenvalue weighted by Gasteiger charge is 2.02. The number of nitrogens with one attached hydrogen (secondary N) is 1. The van der Waals surface area contributed by atoms with E-state index in [9.17, 15) is 14.3 Å². The molecule has 0 aliphatic rings. The molecular weight excluding hydrogens is 309 g/mol. The van der Waals surface area contributed by atoms with Crippen molar-refractivity contribution in [3.05, 3.63) is 77.1 Å². The van der Waals surface area contributed by atoms with Gasteiger partial charge in [0.1, 0.15) is 12.4 Å². The van der Waals surface area contributed by atoms with Crippen molar-refractivity contribution in [3.63, 3.8) is 0 Å². The van der Waals surface area contributed by atoms with E-state index in [4.69, 9.17) is 4.74 Å². The molecular formula is C19H20FNO3. The third kappa shape index (κ3) is 5.85. The summed E-state index contributed by atoms with van der Waals surface area (Å²) in [4.78, 5) is 11.6. The van der Waals surface area contributed by atoms with Gasteiger partial charge in [-0.25, -0.2) is 9.18 Å². The quantitative estimate of drug-likeness (QED) is 0.762. The predicted molar refractivity (Wildman–Crippen MR) is 90.6 cm³/mol. The number of aliphatic hydroxyl groups is 1. The lowest BCUT2D eigenvalue weighted by Crippen LogP contribution is -2.24. The third-order valence-corrected chi connectivity index (χ3v) is 3.37. The predicted octanol–water partition coefficient (Wildman–Crippen LogP) is 3.65. The number of aliphatic hydroxyl groups excluding tert-OH is 1. The fourth-order valence-electron chi connectivity index (χ4n) is 2.12. The van der Waals surface area contributed by atoms with Crippen molar-refractivity contribution in [2.24, 2.45) is 0 Å². The highest BCUT2D eigenvalue weighted by Crippen LogP contribution is 2.13. The average Bonchev–Trinajstić information content (AvgIpc) is 2.61. The van der Waals surface area contributed by atoms with Crippen LogP contribution >= 0.6 is 0 Å². The summed E-state index contributed by atoms with van der Waals surface area (Å²) < 4.78 is 18.2. The number of benzene rings is 2. The Morgan fingerprint density at radius 1 is 1.21 bits per heavy atom. The van der Waals surface area contributed by atoms with Crippen LogP contribution in [0.4, 0.5) is 9.18 Å². The van der Waals surface area contributed by atoms with E-state index >= 15 is 0 Å². The van der Waals surface area contributed by atoms with Crippen LogP contribution in [0.15, 0.2) is 54.6 Å². The Labute approximate surface area is 140 Å². The van der Waals surface area contributed by atoms with Crippen LogP contribution in [-0.2, 0) is 18.0 Å². The van der Waals surface area contributed by atoms with E-state index in [0.29, 0.717) is 18.5 Å². The minimum Gasteiger partial charge on any atom is -0.445 e. The standard InChI is InChI=1S/C19H20FNO3/c20-18-10-9-16(17(12-18)13-22)8-4-5-11-21-19(23)24-14-15-6-2-1-3-7-15/h1-4,6-10,12,22H,5,11,13-14H2,(H,21,23). The molecule has 0 aliphatic carbocycles. The molecule has 2 aromatic carbocycles. The lowest BCUT2D eigenvalue weighted by molar-refractivity contribution is 0.140. The first-order chi connectivity index (χ1) is 11.7. The molecule has 5 heteroatoms. The SMILES string of the molecule is O=C(NCCC=Cc1ccc(F)cc1CO)OCc1ccccc1. The van der Waals surface area contributed by atoms with Gasteiger partial charge in [-0.15, -0.1) is 0 Å². The van der Waals surface area contributed by atoms with Gasteiger partial charge in [-0.1, -0.05) is 48.6 Å². The number of ether oxygens (including phenoxy) is 1. The summed E-state index contributed by atoms with van der Waals surface area (Å²) in [6, 6.07) is 13.7. The van der Waals surface area contributed by atoms with E-state index in [2.05, 4.69) is 5.32 Å². The molecule has 1 amide bonds. The smallest absolute Gasteiger partial charge is 0.407 e. The maximum Gasteiger partial charge on any atom is 0.407 e. The van der Waals surface area contributed by atoms with E-state index in [1.165, 1.54) is 12.1 Å². The van der Waals surface area contributed by atoms with Gasteiger partial charge in [0.05, 0.1) is 6.61 Å². The van der Waals surface area contributed by atoms with Crippen LogP contribution < -0.4 is 5.32 Å². The molecule has 2 rings (SSSR count). The summed E-state index contributed by atoms with van der Waals surface area (Å²) in [6.45, 7) is 0.444. The van der Waals surface area contributed by atoms with Crippen molar-refractivity contribution in [2.75, 3.05) is 6.54 Å². The van der Waals surface area contributed by atoms with Crippen molar-refractivity contribution in [1.29, 1.82) is 0 Å². The molecule has 0 radical (unpaired) electrons. The molecule has 4 nitrogen and oxygen atoms in total. The molecule has 0 spiro atoms. The van der Waals surface area contributed by atoms with Gasteiger partial charge < -0.3 is 15.2 Å². The molecule has 0 heterocycles. The molecule has 0 aromatic heterocycles. The molecule has 24 heavy (non-hydrogen) atoms. The first kappa shape index (κ1) is 17.7. The molecule has 2 aromatic rings. The number of alkyl carbamates (subject to hydrolysis) is 1. The molecule has 0 saturated carbocycles. The van der Waals surface area contributed by atoms with Gasteiger partial charge in [-0.3, -0.25) is 0 Å². The summed E-state index contributed by atoms with van der Waals surface area (Å²) in [6.07, 6.45) is 3.78. The first-order valence-corrected chi connectivity index (χ1v) is 7.69. The molecule has 0 bridgehead atoms. The molecule has 0 saturated heterocycles. The Morgan fingerprint density at radius 2 is 2.00 bits per heavy atom. The topological polar surface area (TPSA) is 58.6 Å². The highest BCUT2D eigenvalue weighted by molar-refractivity contribution is 5.67. The monoisotopic (exact) mass is 329 g/mol. The van der Waals surface area contributed by atoms with Crippen molar-refractivity contribution in [1.82, 2.24) is 5.32 Å². The minimum atomic E-state index is -0.468. The number of hydrogen-bond donors (Lipinski definition) is 2. The Balaban J connectivity index is 1.69. The van der Waals surface area contributed by atoms with Crippen LogP contribution in [0.5, 0.6) is 0 Å². The van der Waals surface area contributed by atoms with Crippen LogP contribution in [0.2, 0.25) is 0 Å². The van der Waals surface area contributed by atoms with Crippen LogP contribution in [-0.4, -0.2) is 17.7 Å². The summed E-state index contributed by atoms with van der Waals surface area (Å²) in [5, 5.41) is 11.9. The van der Waals surface area contributed by atoms with Gasteiger partial charge >= 0.3 is 6.09 Å². The Hall–Kier alpha value is -2.66. The minimum absolute atomic E-state index is 0.221. The maximum atomic E-state index is 13.1. The normalized spacial score (nSPS) is 10.8. The van der Waals surface area contributed by atoms with Crippen LogP contribution in [0.3, 0.4) is 0 Å². The fraction of sp³-hybridized carbons (Fsp3) is 0.211. The molecule has 0 unspecified atom stereocenters. The second-order valence-electron chi connectivity index (χ2n) is 5.18. The van der Waals surface area contributed by atoms with Gasteiger partial charge in [0.2, 0.25) is 0 Å². The highest BCUT2D eigenvalue weighted by atomic mass is 19.1. The van der Waals surface area contributed by atoms with Gasteiger partial charge in [-0.05, 0) is 35.2 Å². The Kier molecular flexibility index (Phi) is 6.98. The molecule has 0 atom stereocenters. The number of halogens is 1. The van der Waals surface area contributed by atoms with Crippen LogP contribution in [0, 0.1) is 5.82 Å².